The van der Waals surface area contributed by atoms with Gasteiger partial charge >= 0.3 is 0 Å². The summed E-state index contributed by atoms with van der Waals surface area (Å²) < 4.78 is 1.82. The zero-order valence-electron chi connectivity index (χ0n) is 13.6. The van der Waals surface area contributed by atoms with E-state index in [4.69, 9.17) is 0 Å². The Kier molecular flexibility index (Phi) is 3.71. The molecule has 4 heteroatoms. The summed E-state index contributed by atoms with van der Waals surface area (Å²) in [5, 5.41) is 2.84. The van der Waals surface area contributed by atoms with Crippen molar-refractivity contribution in [2.75, 3.05) is 20.6 Å². The Bertz CT molecular complexity index is 909. The molecule has 4 nitrogen and oxygen atoms in total. The molecule has 0 amide bonds. The summed E-state index contributed by atoms with van der Waals surface area (Å²) in [7, 11) is 4.02. The molecule has 0 atom stereocenters. The fourth-order valence-electron chi connectivity index (χ4n) is 2.98. The molecule has 0 bridgehead atoms. The molecule has 1 aromatic carbocycles. The highest BCUT2D eigenvalue weighted by molar-refractivity contribution is 6.06. The molecule has 3 rings (SSSR count). The average molecular weight is 295 g/mol. The van der Waals surface area contributed by atoms with Crippen molar-refractivity contribution >= 4 is 21.8 Å². The highest BCUT2D eigenvalue weighted by atomic mass is 16.1. The first kappa shape index (κ1) is 14.7. The highest BCUT2D eigenvalue weighted by Gasteiger charge is 2.13. The van der Waals surface area contributed by atoms with Crippen molar-refractivity contribution in [2.45, 2.75) is 20.4 Å². The van der Waals surface area contributed by atoms with Gasteiger partial charge in [-0.2, -0.15) is 0 Å². The number of fused-ring (bicyclic) bond motifs is 3. The first-order chi connectivity index (χ1) is 10.5. The van der Waals surface area contributed by atoms with Gasteiger partial charge in [0.25, 0.3) is 5.56 Å². The predicted molar refractivity (Wildman–Crippen MR) is 91.5 cm³/mol. The molecular weight excluding hydrogens is 274 g/mol. The molecule has 2 heterocycles. The van der Waals surface area contributed by atoms with Crippen molar-refractivity contribution in [3.63, 3.8) is 0 Å². The number of pyridine rings is 2. The van der Waals surface area contributed by atoms with E-state index in [0.717, 1.165) is 39.6 Å². The molecule has 0 aliphatic heterocycles. The van der Waals surface area contributed by atoms with Crippen LogP contribution in [0.5, 0.6) is 0 Å². The van der Waals surface area contributed by atoms with Gasteiger partial charge in [0.15, 0.2) is 0 Å². The van der Waals surface area contributed by atoms with Crippen LogP contribution >= 0.6 is 0 Å². The van der Waals surface area contributed by atoms with Gasteiger partial charge < -0.3 is 4.90 Å². The Labute approximate surface area is 130 Å². The molecule has 0 N–H and O–H groups in total. The zero-order chi connectivity index (χ0) is 15.9. The van der Waals surface area contributed by atoms with Crippen LogP contribution in [0.1, 0.15) is 11.3 Å². The maximum Gasteiger partial charge on any atom is 0.260 e. The molecule has 0 spiro atoms. The first-order valence-electron chi connectivity index (χ1n) is 7.53. The van der Waals surface area contributed by atoms with Gasteiger partial charge in [-0.25, -0.2) is 4.98 Å². The van der Waals surface area contributed by atoms with Gasteiger partial charge in [-0.15, -0.1) is 0 Å². The molecule has 0 fully saturated rings. The lowest BCUT2D eigenvalue weighted by molar-refractivity contribution is 0.384. The minimum atomic E-state index is 0.0439. The quantitative estimate of drug-likeness (QED) is 0.697. The Hall–Kier alpha value is -2.20. The summed E-state index contributed by atoms with van der Waals surface area (Å²) in [6, 6.07) is 9.89. The van der Waals surface area contributed by atoms with Gasteiger partial charge in [-0.1, -0.05) is 18.2 Å². The Morgan fingerprint density at radius 2 is 1.82 bits per heavy atom. The zero-order valence-corrected chi connectivity index (χ0v) is 13.6. The van der Waals surface area contributed by atoms with E-state index in [1.165, 1.54) is 0 Å². The number of hydrogen-bond acceptors (Lipinski definition) is 3. The fraction of sp³-hybridized carbons (Fsp3) is 0.333. The monoisotopic (exact) mass is 295 g/mol. The molecule has 2 aromatic heterocycles. The van der Waals surface area contributed by atoms with Crippen LogP contribution in [-0.4, -0.2) is 35.1 Å². The number of rotatable bonds is 3. The third-order valence-electron chi connectivity index (χ3n) is 4.02. The lowest BCUT2D eigenvalue weighted by Gasteiger charge is -2.16. The average Bonchev–Trinajstić information content (AvgIpc) is 2.46. The van der Waals surface area contributed by atoms with Crippen molar-refractivity contribution in [3.05, 3.63) is 51.9 Å². The largest absolute Gasteiger partial charge is 0.308 e. The summed E-state index contributed by atoms with van der Waals surface area (Å²) in [5.41, 5.74) is 2.95. The first-order valence-corrected chi connectivity index (χ1v) is 7.53. The van der Waals surface area contributed by atoms with E-state index in [-0.39, 0.29) is 5.56 Å². The Morgan fingerprint density at radius 1 is 1.14 bits per heavy atom. The van der Waals surface area contributed by atoms with Gasteiger partial charge in [0, 0.05) is 29.6 Å². The fourth-order valence-corrected chi connectivity index (χ4v) is 2.98. The van der Waals surface area contributed by atoms with Crippen LogP contribution < -0.4 is 5.56 Å². The van der Waals surface area contributed by atoms with Crippen LogP contribution in [-0.2, 0) is 6.54 Å². The topological polar surface area (TPSA) is 38.1 Å². The smallest absolute Gasteiger partial charge is 0.260 e. The van der Waals surface area contributed by atoms with E-state index in [1.807, 2.05) is 49.9 Å². The number of likely N-dealkylation sites (N-methyl/N-ethyl adjacent to an activating group) is 1. The van der Waals surface area contributed by atoms with Gasteiger partial charge in [0.2, 0.25) is 0 Å². The molecule has 0 saturated carbocycles. The summed E-state index contributed by atoms with van der Waals surface area (Å²) in [6.45, 7) is 5.51. The summed E-state index contributed by atoms with van der Waals surface area (Å²) in [5.74, 6) is 0. The minimum Gasteiger partial charge on any atom is -0.308 e. The van der Waals surface area contributed by atoms with E-state index < -0.39 is 0 Å². The van der Waals surface area contributed by atoms with E-state index in [0.29, 0.717) is 6.54 Å². The van der Waals surface area contributed by atoms with Crippen molar-refractivity contribution in [1.82, 2.24) is 14.5 Å². The maximum atomic E-state index is 12.9. The van der Waals surface area contributed by atoms with Gasteiger partial charge in [-0.05, 0) is 51.0 Å². The Morgan fingerprint density at radius 3 is 2.50 bits per heavy atom. The standard InChI is InChI=1S/C18H21N3O/c1-12-11-13(2)19-17-16(12)14-7-5-6-8-15(14)18(22)21(17)10-9-20(3)4/h5-8,11H,9-10H2,1-4H3. The molecule has 0 unspecified atom stereocenters. The summed E-state index contributed by atoms with van der Waals surface area (Å²) in [4.78, 5) is 19.6. The lowest BCUT2D eigenvalue weighted by Crippen LogP contribution is -2.27. The van der Waals surface area contributed by atoms with E-state index in [1.54, 1.807) is 0 Å². The van der Waals surface area contributed by atoms with Crippen LogP contribution in [0.4, 0.5) is 0 Å². The van der Waals surface area contributed by atoms with Crippen LogP contribution in [0.25, 0.3) is 21.8 Å². The molecule has 3 aromatic rings. The second-order valence-corrected chi connectivity index (χ2v) is 6.08. The highest BCUT2D eigenvalue weighted by Crippen LogP contribution is 2.25. The van der Waals surface area contributed by atoms with Crippen molar-refractivity contribution < 1.29 is 0 Å². The summed E-state index contributed by atoms with van der Waals surface area (Å²) >= 11 is 0. The molecular formula is C18H21N3O. The molecule has 114 valence electrons. The normalized spacial score (nSPS) is 11.7. The maximum absolute atomic E-state index is 12.9. The predicted octanol–water partition coefficient (Wildman–Crippen LogP) is 2.73. The minimum absolute atomic E-state index is 0.0439. The van der Waals surface area contributed by atoms with Gasteiger partial charge in [-0.3, -0.25) is 9.36 Å². The van der Waals surface area contributed by atoms with Gasteiger partial charge in [0.05, 0.1) is 0 Å². The number of nitrogens with zero attached hydrogens (tertiary/aromatic N) is 3. The van der Waals surface area contributed by atoms with Crippen LogP contribution in [0.2, 0.25) is 0 Å². The summed E-state index contributed by atoms with van der Waals surface area (Å²) in [6.07, 6.45) is 0. The van der Waals surface area contributed by atoms with Crippen LogP contribution in [0.15, 0.2) is 35.1 Å². The second-order valence-electron chi connectivity index (χ2n) is 6.08. The third-order valence-corrected chi connectivity index (χ3v) is 4.02. The van der Waals surface area contributed by atoms with Crippen LogP contribution in [0.3, 0.4) is 0 Å². The Balaban J connectivity index is 2.45. The van der Waals surface area contributed by atoms with Gasteiger partial charge in [0.1, 0.15) is 5.65 Å². The lowest BCUT2D eigenvalue weighted by atomic mass is 10.0. The molecule has 0 radical (unpaired) electrons. The van der Waals surface area contributed by atoms with Crippen molar-refractivity contribution in [3.8, 4) is 0 Å². The number of aryl methyl sites for hydroxylation is 2. The SMILES string of the molecule is Cc1cc(C)c2c3ccccc3c(=O)n(CCN(C)C)c2n1. The second kappa shape index (κ2) is 5.54. The van der Waals surface area contributed by atoms with E-state index in [2.05, 4.69) is 22.9 Å². The van der Waals surface area contributed by atoms with Crippen molar-refractivity contribution in [2.24, 2.45) is 0 Å². The molecule has 0 aliphatic carbocycles. The number of benzene rings is 1. The van der Waals surface area contributed by atoms with Crippen LogP contribution in [0, 0.1) is 13.8 Å². The van der Waals surface area contributed by atoms with Crippen molar-refractivity contribution in [1.29, 1.82) is 0 Å². The molecule has 22 heavy (non-hydrogen) atoms. The van der Waals surface area contributed by atoms with E-state index >= 15 is 0 Å². The number of aromatic nitrogens is 2. The third kappa shape index (κ3) is 2.40. The van der Waals surface area contributed by atoms with E-state index in [9.17, 15) is 4.79 Å². The number of hydrogen-bond donors (Lipinski definition) is 0. The molecule has 0 aliphatic rings. The molecule has 0 saturated heterocycles.